The summed E-state index contributed by atoms with van der Waals surface area (Å²) in [4.78, 5) is 14.0. The van der Waals surface area contributed by atoms with Gasteiger partial charge in [0.05, 0.1) is 13.2 Å². The van der Waals surface area contributed by atoms with Crippen LogP contribution in [0.3, 0.4) is 0 Å². The van der Waals surface area contributed by atoms with Gasteiger partial charge in [-0.2, -0.15) is 0 Å². The number of carbonyl (C=O) groups excluding carboxylic acids is 1. The fourth-order valence-corrected chi connectivity index (χ4v) is 2.54. The lowest BCUT2D eigenvalue weighted by Gasteiger charge is -2.34. The second-order valence-corrected chi connectivity index (χ2v) is 5.73. The van der Waals surface area contributed by atoms with E-state index in [0.29, 0.717) is 37.1 Å². The fourth-order valence-electron chi connectivity index (χ4n) is 2.28. The molecule has 1 fully saturated rings. The lowest BCUT2D eigenvalue weighted by atomic mass is 10.1. The van der Waals surface area contributed by atoms with Gasteiger partial charge in [-0.1, -0.05) is 43.6 Å². The Bertz CT molecular complexity index is 448. The average molecular weight is 282 g/mol. The van der Waals surface area contributed by atoms with E-state index in [0.717, 1.165) is 5.56 Å². The Balaban J connectivity index is 2.05. The number of hydrogen-bond acceptors (Lipinski definition) is 2. The zero-order valence-electron chi connectivity index (χ0n) is 11.4. The highest BCUT2D eigenvalue weighted by Gasteiger charge is 2.26. The van der Waals surface area contributed by atoms with Crippen LogP contribution < -0.4 is 0 Å². The number of rotatable bonds is 3. The third-order valence-electron chi connectivity index (χ3n) is 3.25. The molecule has 19 heavy (non-hydrogen) atoms. The molecule has 1 unspecified atom stereocenters. The van der Waals surface area contributed by atoms with E-state index in [-0.39, 0.29) is 12.0 Å². The van der Waals surface area contributed by atoms with E-state index in [1.54, 1.807) is 0 Å². The Morgan fingerprint density at radius 3 is 2.89 bits per heavy atom. The van der Waals surface area contributed by atoms with Crippen molar-refractivity contribution in [2.75, 3.05) is 19.7 Å². The predicted molar refractivity (Wildman–Crippen MR) is 76.2 cm³/mol. The summed E-state index contributed by atoms with van der Waals surface area (Å²) in [7, 11) is 0. The first-order valence-corrected chi connectivity index (χ1v) is 7.09. The Morgan fingerprint density at radius 2 is 2.21 bits per heavy atom. The molecule has 0 spiro atoms. The molecular weight excluding hydrogens is 262 g/mol. The van der Waals surface area contributed by atoms with Gasteiger partial charge in [0.2, 0.25) is 5.91 Å². The summed E-state index contributed by atoms with van der Waals surface area (Å²) in [6.45, 7) is 5.95. The van der Waals surface area contributed by atoms with Crippen molar-refractivity contribution in [3.05, 3.63) is 34.9 Å². The second-order valence-electron chi connectivity index (χ2n) is 5.32. The number of hydrogen-bond donors (Lipinski definition) is 0. The van der Waals surface area contributed by atoms with E-state index in [1.165, 1.54) is 0 Å². The minimum absolute atomic E-state index is 0.112. The van der Waals surface area contributed by atoms with Crippen molar-refractivity contribution < 1.29 is 9.53 Å². The van der Waals surface area contributed by atoms with Gasteiger partial charge in [0.15, 0.2) is 0 Å². The van der Waals surface area contributed by atoms with Crippen LogP contribution in [0.5, 0.6) is 0 Å². The van der Waals surface area contributed by atoms with Crippen LogP contribution in [0.15, 0.2) is 24.3 Å². The summed E-state index contributed by atoms with van der Waals surface area (Å²) in [5, 5.41) is 0.700. The Kier molecular flexibility index (Phi) is 4.83. The van der Waals surface area contributed by atoms with Gasteiger partial charge in [-0.25, -0.2) is 0 Å². The lowest BCUT2D eigenvalue weighted by molar-refractivity contribution is -0.139. The largest absolute Gasteiger partial charge is 0.370 e. The molecule has 1 aliphatic heterocycles. The van der Waals surface area contributed by atoms with Gasteiger partial charge in [-0.3, -0.25) is 4.79 Å². The summed E-state index contributed by atoms with van der Waals surface area (Å²) in [6.07, 6.45) is 0.480. The minimum Gasteiger partial charge on any atom is -0.370 e. The summed E-state index contributed by atoms with van der Waals surface area (Å²) in [6, 6.07) is 7.66. The first-order valence-electron chi connectivity index (χ1n) is 6.71. The lowest BCUT2D eigenvalue weighted by Crippen LogP contribution is -2.42. The van der Waals surface area contributed by atoms with Crippen LogP contribution in [-0.4, -0.2) is 30.5 Å². The molecular formula is C15H20ClNO2. The number of ether oxygens (including phenoxy) is 1. The van der Waals surface area contributed by atoms with Crippen LogP contribution in [-0.2, 0) is 9.53 Å². The van der Waals surface area contributed by atoms with Crippen molar-refractivity contribution in [3.8, 4) is 0 Å². The van der Waals surface area contributed by atoms with Crippen LogP contribution in [0.25, 0.3) is 0 Å². The first kappa shape index (κ1) is 14.4. The van der Waals surface area contributed by atoms with Gasteiger partial charge in [-0.05, 0) is 12.0 Å². The van der Waals surface area contributed by atoms with Crippen LogP contribution in [0.4, 0.5) is 0 Å². The van der Waals surface area contributed by atoms with Crippen LogP contribution in [0.1, 0.15) is 31.9 Å². The fraction of sp³-hybridized carbons (Fsp3) is 0.533. The maximum Gasteiger partial charge on any atom is 0.223 e. The van der Waals surface area contributed by atoms with Crippen molar-refractivity contribution in [2.24, 2.45) is 5.92 Å². The highest BCUT2D eigenvalue weighted by molar-refractivity contribution is 6.31. The first-order chi connectivity index (χ1) is 9.08. The SMILES string of the molecule is CC(C)CC(=O)N1CCOC(c2ccccc2Cl)C1. The molecule has 1 amide bonds. The molecule has 0 radical (unpaired) electrons. The van der Waals surface area contributed by atoms with E-state index >= 15 is 0 Å². The van der Waals surface area contributed by atoms with Gasteiger partial charge < -0.3 is 9.64 Å². The zero-order valence-corrected chi connectivity index (χ0v) is 12.2. The molecule has 1 aliphatic rings. The van der Waals surface area contributed by atoms with Crippen molar-refractivity contribution >= 4 is 17.5 Å². The van der Waals surface area contributed by atoms with Crippen molar-refractivity contribution in [1.29, 1.82) is 0 Å². The van der Waals surface area contributed by atoms with Crippen molar-refractivity contribution in [2.45, 2.75) is 26.4 Å². The number of carbonyl (C=O) groups is 1. The van der Waals surface area contributed by atoms with Gasteiger partial charge in [0.1, 0.15) is 6.10 Å². The molecule has 1 atom stereocenters. The zero-order chi connectivity index (χ0) is 13.8. The molecule has 1 aromatic carbocycles. The average Bonchev–Trinajstić information content (AvgIpc) is 2.38. The molecule has 2 rings (SSSR count). The highest BCUT2D eigenvalue weighted by Crippen LogP contribution is 2.28. The molecule has 0 aromatic heterocycles. The third kappa shape index (κ3) is 3.71. The standard InChI is InChI=1S/C15H20ClNO2/c1-11(2)9-15(18)17-7-8-19-14(10-17)12-5-3-4-6-13(12)16/h3-6,11,14H,7-10H2,1-2H3. The van der Waals surface area contributed by atoms with E-state index in [9.17, 15) is 4.79 Å². The van der Waals surface area contributed by atoms with Crippen molar-refractivity contribution in [3.63, 3.8) is 0 Å². The maximum atomic E-state index is 12.1. The summed E-state index contributed by atoms with van der Waals surface area (Å²) in [5.41, 5.74) is 0.964. The second kappa shape index (κ2) is 6.40. The van der Waals surface area contributed by atoms with E-state index in [1.807, 2.05) is 29.2 Å². The minimum atomic E-state index is -0.112. The third-order valence-corrected chi connectivity index (χ3v) is 3.60. The smallest absolute Gasteiger partial charge is 0.223 e. The number of nitrogens with zero attached hydrogens (tertiary/aromatic N) is 1. The Morgan fingerprint density at radius 1 is 1.47 bits per heavy atom. The molecule has 0 saturated carbocycles. The van der Waals surface area contributed by atoms with Gasteiger partial charge in [0, 0.05) is 23.6 Å². The normalized spacial score (nSPS) is 19.8. The predicted octanol–water partition coefficient (Wildman–Crippen LogP) is 3.29. The summed E-state index contributed by atoms with van der Waals surface area (Å²) in [5.74, 6) is 0.587. The molecule has 4 heteroatoms. The molecule has 0 bridgehead atoms. The number of halogens is 1. The topological polar surface area (TPSA) is 29.5 Å². The Hall–Kier alpha value is -1.06. The molecule has 1 heterocycles. The molecule has 104 valence electrons. The summed E-state index contributed by atoms with van der Waals surface area (Å²) < 4.78 is 5.75. The van der Waals surface area contributed by atoms with Gasteiger partial charge in [0.25, 0.3) is 0 Å². The van der Waals surface area contributed by atoms with E-state index < -0.39 is 0 Å². The monoisotopic (exact) mass is 281 g/mol. The summed E-state index contributed by atoms with van der Waals surface area (Å²) >= 11 is 6.19. The molecule has 0 N–H and O–H groups in total. The van der Waals surface area contributed by atoms with Crippen molar-refractivity contribution in [1.82, 2.24) is 4.90 Å². The van der Waals surface area contributed by atoms with Crippen LogP contribution in [0.2, 0.25) is 5.02 Å². The quantitative estimate of drug-likeness (QED) is 0.851. The van der Waals surface area contributed by atoms with E-state index in [4.69, 9.17) is 16.3 Å². The maximum absolute atomic E-state index is 12.1. The molecule has 3 nitrogen and oxygen atoms in total. The Labute approximate surface area is 119 Å². The van der Waals surface area contributed by atoms with E-state index in [2.05, 4.69) is 13.8 Å². The molecule has 1 aromatic rings. The number of amides is 1. The van der Waals surface area contributed by atoms with Gasteiger partial charge in [-0.15, -0.1) is 0 Å². The number of morpholine rings is 1. The van der Waals surface area contributed by atoms with Crippen LogP contribution in [0, 0.1) is 5.92 Å². The molecule has 1 saturated heterocycles. The van der Waals surface area contributed by atoms with Gasteiger partial charge >= 0.3 is 0 Å². The highest BCUT2D eigenvalue weighted by atomic mass is 35.5. The number of benzene rings is 1. The molecule has 0 aliphatic carbocycles. The van der Waals surface area contributed by atoms with Crippen LogP contribution >= 0.6 is 11.6 Å².